The molecule has 0 aliphatic carbocycles. The number of nitriles is 1. The summed E-state index contributed by atoms with van der Waals surface area (Å²) in [6.45, 7) is 5.61. The maximum absolute atomic E-state index is 13.6. The van der Waals surface area contributed by atoms with Crippen molar-refractivity contribution in [1.82, 2.24) is 15.1 Å². The third kappa shape index (κ3) is 5.31. The Bertz CT molecular complexity index is 1810. The summed E-state index contributed by atoms with van der Waals surface area (Å²) in [6.07, 6.45) is -0.101. The summed E-state index contributed by atoms with van der Waals surface area (Å²) in [5.41, 5.74) is 5.82. The minimum absolute atomic E-state index is 0.0330. The van der Waals surface area contributed by atoms with Gasteiger partial charge in [-0.2, -0.15) is 5.26 Å². The van der Waals surface area contributed by atoms with Crippen molar-refractivity contribution in [3.05, 3.63) is 45.0 Å². The minimum Gasteiger partial charge on any atom is -0.507 e. The third-order valence-electron chi connectivity index (χ3n) is 10.8. The highest BCUT2D eigenvalue weighted by Gasteiger charge is 2.60. The first-order valence-corrected chi connectivity index (χ1v) is 17.6. The average Bonchev–Trinajstić information content (AvgIpc) is 3.58. The lowest BCUT2D eigenvalue weighted by atomic mass is 9.71. The molecule has 0 spiro atoms. The number of phenolic OH excluding ortho intramolecular Hbond substituents is 1. The molecule has 15 heteroatoms. The second-order valence-corrected chi connectivity index (χ2v) is 14.6. The quantitative estimate of drug-likeness (QED) is 0.282. The number of carbonyl (C=O) groups is 3. The van der Waals surface area contributed by atoms with Crippen molar-refractivity contribution in [3.63, 3.8) is 0 Å². The van der Waals surface area contributed by atoms with Crippen LogP contribution in [0, 0.1) is 32.1 Å². The number of aliphatic carboxylic acids is 1. The predicted molar refractivity (Wildman–Crippen MR) is 178 cm³/mol. The number of rotatable bonds is 7. The van der Waals surface area contributed by atoms with Gasteiger partial charge in [-0.05, 0) is 50.9 Å². The summed E-state index contributed by atoms with van der Waals surface area (Å²) >= 11 is 1.37. The highest BCUT2D eigenvalue weighted by molar-refractivity contribution is 7.99. The number of carbonyl (C=O) groups excluding carboxylic acids is 2. The van der Waals surface area contributed by atoms with Gasteiger partial charge < -0.3 is 39.2 Å². The Morgan fingerprint density at radius 1 is 1.12 bits per heavy atom. The van der Waals surface area contributed by atoms with Gasteiger partial charge in [0.05, 0.1) is 29.8 Å². The fourth-order valence-electron chi connectivity index (χ4n) is 8.44. The van der Waals surface area contributed by atoms with E-state index in [1.165, 1.54) is 11.8 Å². The molecule has 0 saturated carbocycles. The number of fused-ring (bicyclic) bond motifs is 9. The van der Waals surface area contributed by atoms with Gasteiger partial charge in [0.15, 0.2) is 18.3 Å². The van der Waals surface area contributed by atoms with Crippen molar-refractivity contribution < 1.29 is 48.3 Å². The molecule has 7 atom stereocenters. The van der Waals surface area contributed by atoms with Gasteiger partial charge in [0.25, 0.3) is 0 Å². The molecule has 1 unspecified atom stereocenters. The first-order valence-electron chi connectivity index (χ1n) is 16.6. The Morgan fingerprint density at radius 3 is 2.60 bits per heavy atom. The molecule has 7 rings (SSSR count). The summed E-state index contributed by atoms with van der Waals surface area (Å²) in [5.74, 6) is -0.721. The van der Waals surface area contributed by atoms with Crippen molar-refractivity contribution in [2.24, 2.45) is 0 Å². The number of likely N-dealkylation sites (N-methyl/N-ethyl adjacent to an activating group) is 1. The number of benzene rings is 2. The molecule has 2 aromatic rings. The fraction of sp³-hybridized carbons (Fsp3) is 0.543. The predicted octanol–water partition coefficient (Wildman–Crippen LogP) is 2.94. The molecule has 5 heterocycles. The Balaban J connectivity index is 1.44. The monoisotopic (exact) mass is 708 g/mol. The molecule has 4 bridgehead atoms. The maximum atomic E-state index is 13.6. The molecule has 5 aliphatic rings. The maximum Gasteiger partial charge on any atom is 0.329 e. The van der Waals surface area contributed by atoms with Crippen LogP contribution in [0.2, 0.25) is 0 Å². The van der Waals surface area contributed by atoms with Crippen LogP contribution in [0.15, 0.2) is 6.07 Å². The van der Waals surface area contributed by atoms with Crippen molar-refractivity contribution in [3.8, 4) is 29.1 Å². The molecule has 2 aromatic carbocycles. The van der Waals surface area contributed by atoms with Crippen LogP contribution in [0.3, 0.4) is 0 Å². The summed E-state index contributed by atoms with van der Waals surface area (Å²) in [4.78, 5) is 41.9. The number of cyclic esters (lactones) is 1. The third-order valence-corrected chi connectivity index (χ3v) is 12.2. The van der Waals surface area contributed by atoms with E-state index in [0.717, 1.165) is 22.3 Å². The molecular weight excluding hydrogens is 668 g/mol. The van der Waals surface area contributed by atoms with Crippen LogP contribution in [0.25, 0.3) is 0 Å². The van der Waals surface area contributed by atoms with Gasteiger partial charge in [0.2, 0.25) is 12.7 Å². The van der Waals surface area contributed by atoms with Gasteiger partial charge in [0, 0.05) is 53.6 Å². The average molecular weight is 709 g/mol. The van der Waals surface area contributed by atoms with Crippen LogP contribution >= 0.6 is 11.8 Å². The van der Waals surface area contributed by atoms with Gasteiger partial charge >= 0.3 is 11.9 Å². The molecule has 0 aromatic heterocycles. The normalized spacial score (nSPS) is 28.1. The van der Waals surface area contributed by atoms with Crippen LogP contribution < -0.4 is 19.5 Å². The number of nitrogens with zero attached hydrogens (tertiary/aromatic N) is 3. The van der Waals surface area contributed by atoms with E-state index in [1.54, 1.807) is 14.0 Å². The summed E-state index contributed by atoms with van der Waals surface area (Å²) < 4.78 is 29.6. The lowest BCUT2D eigenvalue weighted by Gasteiger charge is -2.61. The number of hydrogen-bond donors (Lipinski definition) is 3. The Kier molecular flexibility index (Phi) is 9.00. The molecule has 14 nitrogen and oxygen atoms in total. The molecule has 2 fully saturated rings. The molecule has 0 radical (unpaired) electrons. The lowest BCUT2D eigenvalue weighted by Crippen LogP contribution is -2.69. The minimum atomic E-state index is -1.12. The number of amides is 1. The van der Waals surface area contributed by atoms with E-state index < -0.39 is 47.3 Å². The number of carboxylic acid groups (broad SMARTS) is 1. The second kappa shape index (κ2) is 13.1. The van der Waals surface area contributed by atoms with E-state index >= 15 is 0 Å². The standard InChI is InChI=1S/C35H40N4O10S/c1-15-8-18-9-20-21(10-36)39-22-11-46-35(44)19(37-23(40)6-7-24(41)42)12-50-34(27-26(22)33-32(48-14-49-33)17(3)30(27)43)29(39)28(38(20)4)25(18)31(16(15)2)47-13-45-5/h8,19-22,28-29,34,43H,6-7,9,11-14H2,1-5H3,(H,37,40)(H,41,42)/t19-,20-,21-,22-,28+,29?,34+/m0/s1. The second-order valence-electron chi connectivity index (χ2n) is 13.4. The first-order chi connectivity index (χ1) is 24.0. The van der Waals surface area contributed by atoms with Gasteiger partial charge in [-0.15, -0.1) is 11.8 Å². The molecule has 3 N–H and O–H groups in total. The molecule has 266 valence electrons. The number of piperazine rings is 1. The van der Waals surface area contributed by atoms with E-state index in [2.05, 4.69) is 27.3 Å². The van der Waals surface area contributed by atoms with Crippen LogP contribution in [0.5, 0.6) is 23.0 Å². The largest absolute Gasteiger partial charge is 0.507 e. The lowest BCUT2D eigenvalue weighted by molar-refractivity contribution is -0.152. The number of aromatic hydroxyl groups is 1. The van der Waals surface area contributed by atoms with E-state index in [-0.39, 0.29) is 56.6 Å². The van der Waals surface area contributed by atoms with E-state index in [4.69, 9.17) is 28.8 Å². The Hall–Kier alpha value is -4.23. The van der Waals surface area contributed by atoms with Gasteiger partial charge in [0.1, 0.15) is 30.2 Å². The number of hydrogen-bond acceptors (Lipinski definition) is 13. The van der Waals surface area contributed by atoms with Gasteiger partial charge in [-0.25, -0.2) is 4.79 Å². The van der Waals surface area contributed by atoms with E-state index in [1.807, 2.05) is 20.9 Å². The Morgan fingerprint density at radius 2 is 1.88 bits per heavy atom. The number of carboxylic acids is 1. The SMILES string of the molecule is COCOc1c(C)c(C)cc2c1[C@@H]1C3[C@@H]4SC[C@H](NC(=O)CCC(=O)O)C(=O)OC[C@@H](c5c6c(c(C)c(O)c54)OCO6)N3[C@@H](C#N)[C@H](C2)N1C. The number of nitrogens with one attached hydrogen (secondary N) is 1. The smallest absolute Gasteiger partial charge is 0.329 e. The molecular formula is C35H40N4O10S. The summed E-state index contributed by atoms with van der Waals surface area (Å²) in [7, 11) is 3.59. The Labute approximate surface area is 293 Å². The van der Waals surface area contributed by atoms with Crippen LogP contribution in [0.1, 0.15) is 69.1 Å². The number of thioether (sulfide) groups is 1. The van der Waals surface area contributed by atoms with Crippen LogP contribution in [-0.4, -0.2) is 102 Å². The highest BCUT2D eigenvalue weighted by atomic mass is 32.2. The fourth-order valence-corrected chi connectivity index (χ4v) is 9.95. The van der Waals surface area contributed by atoms with Crippen molar-refractivity contribution in [2.45, 2.75) is 81.5 Å². The van der Waals surface area contributed by atoms with Gasteiger partial charge in [-0.3, -0.25) is 19.4 Å². The number of aryl methyl sites for hydroxylation is 1. The number of esters is 1. The first kappa shape index (κ1) is 34.2. The molecule has 5 aliphatic heterocycles. The summed E-state index contributed by atoms with van der Waals surface area (Å²) in [5, 5.41) is 34.2. The zero-order chi connectivity index (χ0) is 35.6. The van der Waals surface area contributed by atoms with E-state index in [9.17, 15) is 24.8 Å². The van der Waals surface area contributed by atoms with Crippen molar-refractivity contribution >= 4 is 29.6 Å². The number of methoxy groups -OCH3 is 1. The summed E-state index contributed by atoms with van der Waals surface area (Å²) in [6, 6.07) is 1.29. The highest BCUT2D eigenvalue weighted by Crippen LogP contribution is 2.63. The number of phenols is 1. The molecule has 50 heavy (non-hydrogen) atoms. The number of ether oxygens (including phenoxy) is 5. The van der Waals surface area contributed by atoms with Gasteiger partial charge in [-0.1, -0.05) is 6.07 Å². The molecule has 2 saturated heterocycles. The zero-order valence-corrected chi connectivity index (χ0v) is 29.3. The van der Waals surface area contributed by atoms with Crippen molar-refractivity contribution in [1.29, 1.82) is 5.26 Å². The topological polar surface area (TPSA) is 180 Å². The van der Waals surface area contributed by atoms with E-state index in [0.29, 0.717) is 40.4 Å². The van der Waals surface area contributed by atoms with Crippen molar-refractivity contribution in [2.75, 3.05) is 40.1 Å². The zero-order valence-electron chi connectivity index (χ0n) is 28.5. The molecule has 1 amide bonds. The van der Waals surface area contributed by atoms with Crippen LogP contribution in [0.4, 0.5) is 0 Å². The van der Waals surface area contributed by atoms with Crippen LogP contribution in [-0.2, 0) is 30.3 Å².